The highest BCUT2D eigenvalue weighted by Gasteiger charge is 2.07. The maximum atomic E-state index is 6.10. The van der Waals surface area contributed by atoms with Crippen molar-refractivity contribution in [1.29, 1.82) is 0 Å². The van der Waals surface area contributed by atoms with Crippen LogP contribution >= 0.6 is 0 Å². The summed E-state index contributed by atoms with van der Waals surface area (Å²) in [4.78, 5) is 0. The van der Waals surface area contributed by atoms with Gasteiger partial charge in [0.15, 0.2) is 0 Å². The van der Waals surface area contributed by atoms with Gasteiger partial charge in [-0.15, -0.1) is 0 Å². The molecule has 0 amide bonds. The summed E-state index contributed by atoms with van der Waals surface area (Å²) in [5, 5.41) is 0. The molecule has 0 aromatic carbocycles. The van der Waals surface area contributed by atoms with E-state index in [9.17, 15) is 0 Å². The van der Waals surface area contributed by atoms with Gasteiger partial charge in [0.1, 0.15) is 0 Å². The standard InChI is InChI=1S/C21H44O/c1-4-7-9-11-12-13-14-15-16-19-21(18-6-3)22-20-17-10-8-5-2/h21H,4-20H2,1-3H3/t21-/m0/s1. The predicted molar refractivity (Wildman–Crippen MR) is 101 cm³/mol. The van der Waals surface area contributed by atoms with Crippen LogP contribution in [0, 0.1) is 0 Å². The van der Waals surface area contributed by atoms with Crippen molar-refractivity contribution in [3.8, 4) is 0 Å². The Kier molecular flexibility index (Phi) is 19.0. The van der Waals surface area contributed by atoms with Gasteiger partial charge in [0.05, 0.1) is 6.10 Å². The molecule has 1 atom stereocenters. The molecule has 0 aliphatic rings. The normalized spacial score (nSPS) is 12.7. The van der Waals surface area contributed by atoms with Gasteiger partial charge in [0.25, 0.3) is 0 Å². The summed E-state index contributed by atoms with van der Waals surface area (Å²) in [7, 11) is 0. The van der Waals surface area contributed by atoms with Crippen LogP contribution in [0.25, 0.3) is 0 Å². The van der Waals surface area contributed by atoms with Crippen molar-refractivity contribution in [2.45, 2.75) is 130 Å². The second-order valence-corrected chi connectivity index (χ2v) is 6.96. The minimum absolute atomic E-state index is 0.538. The third-order valence-corrected chi connectivity index (χ3v) is 4.59. The Morgan fingerprint density at radius 1 is 0.500 bits per heavy atom. The summed E-state index contributed by atoms with van der Waals surface area (Å²) in [6, 6.07) is 0. The predicted octanol–water partition coefficient (Wildman–Crippen LogP) is 7.67. The quantitative estimate of drug-likeness (QED) is 0.236. The van der Waals surface area contributed by atoms with Crippen LogP contribution in [0.4, 0.5) is 0 Å². The summed E-state index contributed by atoms with van der Waals surface area (Å²) >= 11 is 0. The molecule has 0 aromatic heterocycles. The van der Waals surface area contributed by atoms with Gasteiger partial charge in [0, 0.05) is 6.61 Å². The molecule has 0 spiro atoms. The van der Waals surface area contributed by atoms with Gasteiger partial charge in [-0.1, -0.05) is 104 Å². The molecule has 0 aliphatic heterocycles. The van der Waals surface area contributed by atoms with E-state index in [1.807, 2.05) is 0 Å². The van der Waals surface area contributed by atoms with Gasteiger partial charge < -0.3 is 4.74 Å². The molecule has 0 aromatic rings. The molecule has 0 saturated carbocycles. The molecule has 1 nitrogen and oxygen atoms in total. The third-order valence-electron chi connectivity index (χ3n) is 4.59. The maximum Gasteiger partial charge on any atom is 0.0575 e. The Labute approximate surface area is 141 Å². The fourth-order valence-corrected chi connectivity index (χ4v) is 3.09. The average molecular weight is 313 g/mol. The van der Waals surface area contributed by atoms with Crippen molar-refractivity contribution in [2.24, 2.45) is 0 Å². The first-order chi connectivity index (χ1) is 10.8. The lowest BCUT2D eigenvalue weighted by Crippen LogP contribution is -2.13. The fraction of sp³-hybridized carbons (Fsp3) is 1.00. The van der Waals surface area contributed by atoms with Crippen LogP contribution in [-0.2, 0) is 4.74 Å². The fourth-order valence-electron chi connectivity index (χ4n) is 3.09. The summed E-state index contributed by atoms with van der Waals surface area (Å²) in [5.74, 6) is 0. The van der Waals surface area contributed by atoms with E-state index in [-0.39, 0.29) is 0 Å². The molecule has 0 aliphatic carbocycles. The van der Waals surface area contributed by atoms with E-state index in [1.54, 1.807) is 0 Å². The largest absolute Gasteiger partial charge is 0.378 e. The molecule has 0 unspecified atom stereocenters. The van der Waals surface area contributed by atoms with E-state index in [4.69, 9.17) is 4.74 Å². The lowest BCUT2D eigenvalue weighted by Gasteiger charge is -2.17. The highest BCUT2D eigenvalue weighted by Crippen LogP contribution is 2.15. The molecule has 0 heterocycles. The van der Waals surface area contributed by atoms with Crippen molar-refractivity contribution in [3.05, 3.63) is 0 Å². The lowest BCUT2D eigenvalue weighted by atomic mass is 10.0. The topological polar surface area (TPSA) is 9.23 Å². The molecule has 0 rings (SSSR count). The highest BCUT2D eigenvalue weighted by atomic mass is 16.5. The Hall–Kier alpha value is -0.0400. The Morgan fingerprint density at radius 3 is 1.55 bits per heavy atom. The Balaban J connectivity index is 3.40. The van der Waals surface area contributed by atoms with E-state index in [1.165, 1.54) is 103 Å². The maximum absolute atomic E-state index is 6.10. The van der Waals surface area contributed by atoms with Gasteiger partial charge in [-0.2, -0.15) is 0 Å². The Morgan fingerprint density at radius 2 is 1.00 bits per heavy atom. The zero-order valence-corrected chi connectivity index (χ0v) is 16.0. The first-order valence-corrected chi connectivity index (χ1v) is 10.5. The van der Waals surface area contributed by atoms with Crippen LogP contribution < -0.4 is 0 Å². The van der Waals surface area contributed by atoms with E-state index >= 15 is 0 Å². The highest BCUT2D eigenvalue weighted by molar-refractivity contribution is 4.59. The summed E-state index contributed by atoms with van der Waals surface area (Å²) in [6.07, 6.45) is 22.4. The monoisotopic (exact) mass is 312 g/mol. The van der Waals surface area contributed by atoms with E-state index in [2.05, 4.69) is 20.8 Å². The molecule has 0 radical (unpaired) electrons. The van der Waals surface area contributed by atoms with Crippen LogP contribution in [-0.4, -0.2) is 12.7 Å². The molecule has 0 bridgehead atoms. The molecule has 1 heteroatoms. The molecule has 22 heavy (non-hydrogen) atoms. The van der Waals surface area contributed by atoms with Gasteiger partial charge in [-0.25, -0.2) is 0 Å². The van der Waals surface area contributed by atoms with Crippen molar-refractivity contribution in [1.82, 2.24) is 0 Å². The summed E-state index contributed by atoms with van der Waals surface area (Å²) < 4.78 is 6.10. The SMILES string of the molecule is CCCCCCCCCCC[C@H](CCC)OCCCCCC. The van der Waals surface area contributed by atoms with Gasteiger partial charge in [-0.3, -0.25) is 0 Å². The lowest BCUT2D eigenvalue weighted by molar-refractivity contribution is 0.0370. The van der Waals surface area contributed by atoms with Gasteiger partial charge >= 0.3 is 0 Å². The zero-order chi connectivity index (χ0) is 16.3. The number of hydrogen-bond donors (Lipinski definition) is 0. The van der Waals surface area contributed by atoms with Crippen molar-refractivity contribution >= 4 is 0 Å². The Bertz CT molecular complexity index is 190. The zero-order valence-electron chi connectivity index (χ0n) is 16.0. The molecule has 0 saturated heterocycles. The second-order valence-electron chi connectivity index (χ2n) is 6.96. The molecular formula is C21H44O. The van der Waals surface area contributed by atoms with Crippen molar-refractivity contribution < 1.29 is 4.74 Å². The molecule has 0 N–H and O–H groups in total. The van der Waals surface area contributed by atoms with Crippen LogP contribution in [0.3, 0.4) is 0 Å². The second kappa shape index (κ2) is 19.0. The van der Waals surface area contributed by atoms with Crippen molar-refractivity contribution in [2.75, 3.05) is 6.61 Å². The third kappa shape index (κ3) is 16.3. The number of rotatable bonds is 18. The van der Waals surface area contributed by atoms with Crippen molar-refractivity contribution in [3.63, 3.8) is 0 Å². The number of unbranched alkanes of at least 4 members (excludes halogenated alkanes) is 11. The number of hydrogen-bond acceptors (Lipinski definition) is 1. The van der Waals surface area contributed by atoms with Gasteiger partial charge in [0.2, 0.25) is 0 Å². The van der Waals surface area contributed by atoms with Crippen LogP contribution in [0.15, 0.2) is 0 Å². The molecular weight excluding hydrogens is 268 g/mol. The molecule has 134 valence electrons. The molecule has 0 fully saturated rings. The van der Waals surface area contributed by atoms with Crippen LogP contribution in [0.5, 0.6) is 0 Å². The minimum atomic E-state index is 0.538. The number of ether oxygens (including phenoxy) is 1. The first-order valence-electron chi connectivity index (χ1n) is 10.5. The van der Waals surface area contributed by atoms with Crippen LogP contribution in [0.1, 0.15) is 124 Å². The van der Waals surface area contributed by atoms with E-state index in [0.717, 1.165) is 6.61 Å². The first kappa shape index (κ1) is 22.0. The van der Waals surface area contributed by atoms with E-state index < -0.39 is 0 Å². The van der Waals surface area contributed by atoms with Crippen LogP contribution in [0.2, 0.25) is 0 Å². The minimum Gasteiger partial charge on any atom is -0.378 e. The average Bonchev–Trinajstić information content (AvgIpc) is 2.53. The summed E-state index contributed by atoms with van der Waals surface area (Å²) in [5.41, 5.74) is 0. The summed E-state index contributed by atoms with van der Waals surface area (Å²) in [6.45, 7) is 7.83. The smallest absolute Gasteiger partial charge is 0.0575 e. The van der Waals surface area contributed by atoms with Gasteiger partial charge in [-0.05, 0) is 19.3 Å². The van der Waals surface area contributed by atoms with E-state index in [0.29, 0.717) is 6.10 Å².